The van der Waals surface area contributed by atoms with Crippen molar-refractivity contribution in [3.8, 4) is 0 Å². The largest absolute Gasteiger partial charge is 0.481 e. The molecule has 0 atom stereocenters. The highest BCUT2D eigenvalue weighted by Crippen LogP contribution is 2.29. The second-order valence-electron chi connectivity index (χ2n) is 4.34. The van der Waals surface area contributed by atoms with Gasteiger partial charge in [0.1, 0.15) is 5.69 Å². The average Bonchev–Trinajstić information content (AvgIpc) is 2.38. The van der Waals surface area contributed by atoms with Crippen LogP contribution < -0.4 is 4.90 Å². The molecule has 0 aromatic carbocycles. The zero-order chi connectivity index (χ0) is 14.0. The Labute approximate surface area is 107 Å². The number of aromatic nitrogens is 2. The minimum atomic E-state index is -4.50. The fourth-order valence-corrected chi connectivity index (χ4v) is 1.99. The summed E-state index contributed by atoms with van der Waals surface area (Å²) in [5.41, 5.74) is -0.988. The molecule has 104 valence electrons. The Morgan fingerprint density at radius 2 is 2.00 bits per heavy atom. The lowest BCUT2D eigenvalue weighted by molar-refractivity contribution is -0.142. The van der Waals surface area contributed by atoms with Gasteiger partial charge in [0, 0.05) is 19.3 Å². The molecule has 0 saturated carbocycles. The summed E-state index contributed by atoms with van der Waals surface area (Å²) < 4.78 is 37.5. The van der Waals surface area contributed by atoms with E-state index in [1.165, 1.54) is 0 Å². The molecule has 5 nitrogen and oxygen atoms in total. The van der Waals surface area contributed by atoms with Gasteiger partial charge in [-0.05, 0) is 18.9 Å². The maximum absolute atomic E-state index is 12.5. The number of carbonyl (C=O) groups is 1. The van der Waals surface area contributed by atoms with Crippen molar-refractivity contribution in [2.24, 2.45) is 5.92 Å². The molecule has 0 radical (unpaired) electrons. The number of hydrogen-bond donors (Lipinski definition) is 1. The first kappa shape index (κ1) is 13.6. The number of nitrogens with zero attached hydrogens (tertiary/aromatic N) is 3. The van der Waals surface area contributed by atoms with Crippen molar-refractivity contribution in [3.05, 3.63) is 18.0 Å². The smallest absolute Gasteiger partial charge is 0.433 e. The molecule has 8 heteroatoms. The molecular weight excluding hydrogens is 263 g/mol. The zero-order valence-corrected chi connectivity index (χ0v) is 9.89. The van der Waals surface area contributed by atoms with Crippen molar-refractivity contribution in [1.29, 1.82) is 0 Å². The molecular formula is C11H12F3N3O2. The number of halogens is 3. The van der Waals surface area contributed by atoms with Crippen LogP contribution in [0.5, 0.6) is 0 Å². The molecule has 1 aliphatic rings. The van der Waals surface area contributed by atoms with E-state index in [1.807, 2.05) is 0 Å². The van der Waals surface area contributed by atoms with Crippen molar-refractivity contribution >= 4 is 11.9 Å². The van der Waals surface area contributed by atoms with Crippen LogP contribution in [-0.2, 0) is 11.0 Å². The molecule has 1 aromatic heterocycles. The van der Waals surface area contributed by atoms with Crippen molar-refractivity contribution in [2.45, 2.75) is 19.0 Å². The number of carboxylic acid groups (broad SMARTS) is 1. The second-order valence-corrected chi connectivity index (χ2v) is 4.34. The first-order valence-electron chi connectivity index (χ1n) is 5.76. The van der Waals surface area contributed by atoms with E-state index in [4.69, 9.17) is 5.11 Å². The summed E-state index contributed by atoms with van der Waals surface area (Å²) in [7, 11) is 0. The van der Waals surface area contributed by atoms with Crippen molar-refractivity contribution < 1.29 is 23.1 Å². The molecule has 1 fully saturated rings. The van der Waals surface area contributed by atoms with Gasteiger partial charge in [-0.2, -0.15) is 13.2 Å². The van der Waals surface area contributed by atoms with Gasteiger partial charge in [-0.25, -0.2) is 9.97 Å². The van der Waals surface area contributed by atoms with E-state index >= 15 is 0 Å². The lowest BCUT2D eigenvalue weighted by Crippen LogP contribution is -2.37. The van der Waals surface area contributed by atoms with Crippen molar-refractivity contribution in [3.63, 3.8) is 0 Å². The summed E-state index contributed by atoms with van der Waals surface area (Å²) in [6.07, 6.45) is -2.67. The summed E-state index contributed by atoms with van der Waals surface area (Å²) in [4.78, 5) is 19.7. The third-order valence-electron chi connectivity index (χ3n) is 3.06. The van der Waals surface area contributed by atoms with E-state index in [0.717, 1.165) is 12.3 Å². The molecule has 0 unspecified atom stereocenters. The van der Waals surface area contributed by atoms with Crippen LogP contribution in [-0.4, -0.2) is 34.1 Å². The monoisotopic (exact) mass is 275 g/mol. The van der Waals surface area contributed by atoms with Gasteiger partial charge in [0.05, 0.1) is 5.92 Å². The summed E-state index contributed by atoms with van der Waals surface area (Å²) in [6, 6.07) is 0.813. The van der Waals surface area contributed by atoms with E-state index < -0.39 is 23.8 Å². The fourth-order valence-electron chi connectivity index (χ4n) is 1.99. The van der Waals surface area contributed by atoms with Gasteiger partial charge in [-0.3, -0.25) is 4.79 Å². The molecule has 0 amide bonds. The van der Waals surface area contributed by atoms with Gasteiger partial charge >= 0.3 is 12.1 Å². The van der Waals surface area contributed by atoms with Crippen molar-refractivity contribution in [1.82, 2.24) is 9.97 Å². The van der Waals surface area contributed by atoms with Crippen LogP contribution in [0.25, 0.3) is 0 Å². The third-order valence-corrected chi connectivity index (χ3v) is 3.06. The van der Waals surface area contributed by atoms with E-state index in [1.54, 1.807) is 4.90 Å². The topological polar surface area (TPSA) is 66.3 Å². The van der Waals surface area contributed by atoms with E-state index in [9.17, 15) is 18.0 Å². The number of anilines is 1. The molecule has 0 aliphatic carbocycles. The van der Waals surface area contributed by atoms with Crippen LogP contribution in [0.3, 0.4) is 0 Å². The minimum absolute atomic E-state index is 0.00124. The maximum atomic E-state index is 12.5. The predicted octanol–water partition coefficient (Wildman–Crippen LogP) is 1.80. The number of carboxylic acids is 1. The first-order valence-corrected chi connectivity index (χ1v) is 5.76. The third kappa shape index (κ3) is 3.12. The zero-order valence-electron chi connectivity index (χ0n) is 9.89. The maximum Gasteiger partial charge on any atom is 0.433 e. The van der Waals surface area contributed by atoms with Gasteiger partial charge in [-0.1, -0.05) is 0 Å². The van der Waals surface area contributed by atoms with Crippen molar-refractivity contribution in [2.75, 3.05) is 18.0 Å². The Balaban J connectivity index is 2.10. The number of aliphatic carboxylic acids is 1. The molecule has 1 saturated heterocycles. The Morgan fingerprint density at radius 3 is 2.53 bits per heavy atom. The summed E-state index contributed by atoms with van der Waals surface area (Å²) in [6.45, 7) is 0.691. The van der Waals surface area contributed by atoms with Gasteiger partial charge in [0.25, 0.3) is 0 Å². The van der Waals surface area contributed by atoms with E-state index in [0.29, 0.717) is 25.9 Å². The summed E-state index contributed by atoms with van der Waals surface area (Å²) in [5, 5.41) is 8.85. The number of piperidine rings is 1. The molecule has 1 aromatic rings. The number of rotatable bonds is 2. The van der Waals surface area contributed by atoms with E-state index in [-0.39, 0.29) is 5.95 Å². The Hall–Kier alpha value is -1.86. The highest BCUT2D eigenvalue weighted by atomic mass is 19.4. The second kappa shape index (κ2) is 5.02. The number of alkyl halides is 3. The lowest BCUT2D eigenvalue weighted by atomic mass is 9.97. The van der Waals surface area contributed by atoms with Crippen LogP contribution >= 0.6 is 0 Å². The highest BCUT2D eigenvalue weighted by Gasteiger charge is 2.34. The quantitative estimate of drug-likeness (QED) is 0.891. The predicted molar refractivity (Wildman–Crippen MR) is 59.6 cm³/mol. The molecule has 1 N–H and O–H groups in total. The van der Waals surface area contributed by atoms with Gasteiger partial charge in [0.15, 0.2) is 0 Å². The van der Waals surface area contributed by atoms with E-state index in [2.05, 4.69) is 9.97 Å². The SMILES string of the molecule is O=C(O)C1CCN(c2nccc(C(F)(F)F)n2)CC1. The average molecular weight is 275 g/mol. The molecule has 2 rings (SSSR count). The Morgan fingerprint density at radius 1 is 1.37 bits per heavy atom. The van der Waals surface area contributed by atoms with Gasteiger partial charge in [-0.15, -0.1) is 0 Å². The van der Waals surface area contributed by atoms with Gasteiger partial charge < -0.3 is 10.0 Å². The molecule has 1 aliphatic heterocycles. The lowest BCUT2D eigenvalue weighted by Gasteiger charge is -2.30. The normalized spacial score (nSPS) is 17.5. The Bertz CT molecular complexity index is 470. The van der Waals surface area contributed by atoms with Crippen LogP contribution in [0.2, 0.25) is 0 Å². The summed E-state index contributed by atoms with van der Waals surface area (Å²) in [5.74, 6) is -1.31. The first-order chi connectivity index (χ1) is 8.88. The minimum Gasteiger partial charge on any atom is -0.481 e. The molecule has 0 bridgehead atoms. The van der Waals surface area contributed by atoms with Crippen LogP contribution in [0, 0.1) is 5.92 Å². The molecule has 0 spiro atoms. The Kier molecular flexibility index (Phi) is 3.59. The van der Waals surface area contributed by atoms with Gasteiger partial charge in [0.2, 0.25) is 5.95 Å². The standard InChI is InChI=1S/C11H12F3N3O2/c12-11(13,14)8-1-4-15-10(16-8)17-5-2-7(3-6-17)9(18)19/h1,4,7H,2-3,5-6H2,(H,18,19). The fraction of sp³-hybridized carbons (Fsp3) is 0.545. The highest BCUT2D eigenvalue weighted by molar-refractivity contribution is 5.70. The summed E-state index contributed by atoms with van der Waals surface area (Å²) >= 11 is 0. The number of hydrogen-bond acceptors (Lipinski definition) is 4. The molecule has 19 heavy (non-hydrogen) atoms. The molecule has 2 heterocycles. The van der Waals surface area contributed by atoms with Crippen LogP contribution in [0.15, 0.2) is 12.3 Å². The van der Waals surface area contributed by atoms with Crippen LogP contribution in [0.4, 0.5) is 19.1 Å². The van der Waals surface area contributed by atoms with Crippen LogP contribution in [0.1, 0.15) is 18.5 Å².